The Balaban J connectivity index is 1.98. The largest absolute Gasteiger partial charge is 0.440 e. The molecule has 0 spiro atoms. The maximum atomic E-state index is 5.13. The highest BCUT2D eigenvalue weighted by Gasteiger charge is 1.99. The Morgan fingerprint density at radius 3 is 3.07 bits per heavy atom. The molecule has 1 heterocycles. The van der Waals surface area contributed by atoms with Gasteiger partial charge in [-0.15, -0.1) is 0 Å². The van der Waals surface area contributed by atoms with Gasteiger partial charge < -0.3 is 4.42 Å². The smallest absolute Gasteiger partial charge is 0.255 e. The van der Waals surface area contributed by atoms with Crippen LogP contribution in [0.5, 0.6) is 0 Å². The van der Waals surface area contributed by atoms with E-state index in [2.05, 4.69) is 33.0 Å². The second-order valence-corrected chi connectivity index (χ2v) is 4.56. The summed E-state index contributed by atoms with van der Waals surface area (Å²) < 4.78 is 6.23. The van der Waals surface area contributed by atoms with Crippen molar-refractivity contribution in [1.82, 2.24) is 4.98 Å². The van der Waals surface area contributed by atoms with E-state index in [1.54, 1.807) is 24.2 Å². The normalized spacial score (nSPS) is 10.4. The van der Waals surface area contributed by atoms with Gasteiger partial charge in [-0.05, 0) is 17.7 Å². The van der Waals surface area contributed by atoms with Crippen LogP contribution in [0.1, 0.15) is 5.56 Å². The molecular weight excluding hydrogens is 262 g/mol. The summed E-state index contributed by atoms with van der Waals surface area (Å²) in [5, 5.41) is 0.713. The van der Waals surface area contributed by atoms with Crippen molar-refractivity contribution in [2.75, 3.05) is 0 Å². The summed E-state index contributed by atoms with van der Waals surface area (Å²) >= 11 is 5.02. The molecule has 0 bridgehead atoms. The topological polar surface area (TPSA) is 26.0 Å². The molecule has 0 radical (unpaired) electrons. The Labute approximate surface area is 94.9 Å². The SMILES string of the molecule is Brc1cccc(CSc2ncco2)c1. The summed E-state index contributed by atoms with van der Waals surface area (Å²) in [5.74, 6) is 0.875. The molecule has 0 N–H and O–H groups in total. The molecule has 2 aromatic rings. The van der Waals surface area contributed by atoms with Crippen LogP contribution >= 0.6 is 27.7 Å². The van der Waals surface area contributed by atoms with Gasteiger partial charge >= 0.3 is 0 Å². The van der Waals surface area contributed by atoms with Gasteiger partial charge in [0.1, 0.15) is 6.26 Å². The van der Waals surface area contributed by atoms with Crippen molar-refractivity contribution in [3.05, 3.63) is 46.8 Å². The van der Waals surface area contributed by atoms with Crippen LogP contribution in [0.4, 0.5) is 0 Å². The lowest BCUT2D eigenvalue weighted by molar-refractivity contribution is 0.454. The molecule has 0 aliphatic rings. The molecule has 0 aliphatic carbocycles. The monoisotopic (exact) mass is 269 g/mol. The van der Waals surface area contributed by atoms with E-state index >= 15 is 0 Å². The van der Waals surface area contributed by atoms with Crippen molar-refractivity contribution in [3.8, 4) is 0 Å². The van der Waals surface area contributed by atoms with Crippen molar-refractivity contribution in [3.63, 3.8) is 0 Å². The van der Waals surface area contributed by atoms with Crippen LogP contribution in [0, 0.1) is 0 Å². The standard InChI is InChI=1S/C10H8BrNOS/c11-9-3-1-2-8(6-9)7-14-10-12-4-5-13-10/h1-6H,7H2. The lowest BCUT2D eigenvalue weighted by Gasteiger charge is -1.98. The molecular formula is C10H8BrNOS. The van der Waals surface area contributed by atoms with E-state index in [4.69, 9.17) is 4.42 Å². The van der Waals surface area contributed by atoms with Crippen LogP contribution in [-0.2, 0) is 5.75 Å². The zero-order valence-electron chi connectivity index (χ0n) is 7.31. The third-order valence-corrected chi connectivity index (χ3v) is 3.08. The highest BCUT2D eigenvalue weighted by molar-refractivity contribution is 9.10. The number of nitrogens with zero attached hydrogens (tertiary/aromatic N) is 1. The molecule has 0 unspecified atom stereocenters. The van der Waals surface area contributed by atoms with E-state index in [1.165, 1.54) is 5.56 Å². The van der Waals surface area contributed by atoms with Gasteiger partial charge in [-0.2, -0.15) is 0 Å². The number of rotatable bonds is 3. The number of aromatic nitrogens is 1. The summed E-state index contributed by atoms with van der Waals surface area (Å²) in [7, 11) is 0. The van der Waals surface area contributed by atoms with Gasteiger partial charge in [0, 0.05) is 10.2 Å². The van der Waals surface area contributed by atoms with Crippen molar-refractivity contribution >= 4 is 27.7 Å². The second-order valence-electron chi connectivity index (χ2n) is 2.72. The minimum atomic E-state index is 0.713. The quantitative estimate of drug-likeness (QED) is 0.795. The first-order chi connectivity index (χ1) is 6.84. The average molecular weight is 270 g/mol. The zero-order chi connectivity index (χ0) is 9.80. The molecule has 2 nitrogen and oxygen atoms in total. The van der Waals surface area contributed by atoms with E-state index < -0.39 is 0 Å². The number of oxazole rings is 1. The van der Waals surface area contributed by atoms with Crippen LogP contribution in [0.3, 0.4) is 0 Å². The van der Waals surface area contributed by atoms with E-state index in [0.717, 1.165) is 10.2 Å². The van der Waals surface area contributed by atoms with Crippen molar-refractivity contribution in [2.45, 2.75) is 11.0 Å². The lowest BCUT2D eigenvalue weighted by Crippen LogP contribution is -1.79. The van der Waals surface area contributed by atoms with Gasteiger partial charge in [-0.1, -0.05) is 39.8 Å². The van der Waals surface area contributed by atoms with Gasteiger partial charge in [-0.25, -0.2) is 4.98 Å². The Morgan fingerprint density at radius 2 is 2.36 bits per heavy atom. The minimum absolute atomic E-state index is 0.713. The van der Waals surface area contributed by atoms with Crippen molar-refractivity contribution < 1.29 is 4.42 Å². The highest BCUT2D eigenvalue weighted by atomic mass is 79.9. The first-order valence-electron chi connectivity index (χ1n) is 4.11. The summed E-state index contributed by atoms with van der Waals surface area (Å²) in [4.78, 5) is 4.04. The van der Waals surface area contributed by atoms with E-state index in [0.29, 0.717) is 5.22 Å². The minimum Gasteiger partial charge on any atom is -0.440 e. The van der Waals surface area contributed by atoms with Crippen LogP contribution in [0.2, 0.25) is 0 Å². The third-order valence-electron chi connectivity index (χ3n) is 1.66. The highest BCUT2D eigenvalue weighted by Crippen LogP contribution is 2.22. The van der Waals surface area contributed by atoms with E-state index in [9.17, 15) is 0 Å². The van der Waals surface area contributed by atoms with Gasteiger partial charge in [0.15, 0.2) is 0 Å². The fourth-order valence-corrected chi connectivity index (χ4v) is 2.23. The summed E-state index contributed by atoms with van der Waals surface area (Å²) in [6, 6.07) is 8.21. The molecule has 0 fully saturated rings. The number of benzene rings is 1. The first-order valence-corrected chi connectivity index (χ1v) is 5.89. The molecule has 1 aromatic heterocycles. The third kappa shape index (κ3) is 2.62. The van der Waals surface area contributed by atoms with Gasteiger partial charge in [0.2, 0.25) is 0 Å². The fourth-order valence-electron chi connectivity index (χ4n) is 1.05. The predicted molar refractivity (Wildman–Crippen MR) is 60.2 cm³/mol. The number of thioether (sulfide) groups is 1. The Bertz CT molecular complexity index is 402. The molecule has 0 saturated carbocycles. The number of hydrogen-bond donors (Lipinski definition) is 0. The van der Waals surface area contributed by atoms with E-state index in [1.807, 2.05) is 12.1 Å². The van der Waals surface area contributed by atoms with Gasteiger partial charge in [-0.3, -0.25) is 0 Å². The maximum Gasteiger partial charge on any atom is 0.255 e. The van der Waals surface area contributed by atoms with Crippen LogP contribution < -0.4 is 0 Å². The maximum absolute atomic E-state index is 5.13. The molecule has 2 rings (SSSR count). The van der Waals surface area contributed by atoms with Gasteiger partial charge in [0.05, 0.1) is 6.20 Å². The van der Waals surface area contributed by atoms with E-state index in [-0.39, 0.29) is 0 Å². The molecule has 4 heteroatoms. The lowest BCUT2D eigenvalue weighted by atomic mass is 10.2. The molecule has 0 aliphatic heterocycles. The Hall–Kier alpha value is -0.740. The summed E-state index contributed by atoms with van der Waals surface area (Å²) in [6.45, 7) is 0. The Morgan fingerprint density at radius 1 is 1.43 bits per heavy atom. The molecule has 1 aromatic carbocycles. The molecule has 14 heavy (non-hydrogen) atoms. The van der Waals surface area contributed by atoms with Crippen LogP contribution in [-0.4, -0.2) is 4.98 Å². The average Bonchev–Trinajstić information content (AvgIpc) is 2.67. The zero-order valence-corrected chi connectivity index (χ0v) is 9.72. The summed E-state index contributed by atoms with van der Waals surface area (Å²) in [5.41, 5.74) is 1.25. The first kappa shape index (κ1) is 9.80. The number of hydrogen-bond acceptors (Lipinski definition) is 3. The Kier molecular flexibility index (Phi) is 3.26. The van der Waals surface area contributed by atoms with Crippen LogP contribution in [0.15, 0.2) is 50.8 Å². The predicted octanol–water partition coefficient (Wildman–Crippen LogP) is 3.73. The molecule has 0 saturated heterocycles. The molecule has 0 atom stereocenters. The van der Waals surface area contributed by atoms with Crippen molar-refractivity contribution in [2.24, 2.45) is 0 Å². The second kappa shape index (κ2) is 4.66. The summed E-state index contributed by atoms with van der Waals surface area (Å²) in [6.07, 6.45) is 3.24. The van der Waals surface area contributed by atoms with Crippen LogP contribution in [0.25, 0.3) is 0 Å². The number of halogens is 1. The molecule has 0 amide bonds. The van der Waals surface area contributed by atoms with Gasteiger partial charge in [0.25, 0.3) is 5.22 Å². The molecule has 72 valence electrons. The van der Waals surface area contributed by atoms with Crippen molar-refractivity contribution in [1.29, 1.82) is 0 Å². The fraction of sp³-hybridized carbons (Fsp3) is 0.100.